The van der Waals surface area contributed by atoms with Crippen LogP contribution in [0.3, 0.4) is 0 Å². The van der Waals surface area contributed by atoms with Crippen molar-refractivity contribution in [3.63, 3.8) is 0 Å². The van der Waals surface area contributed by atoms with Gasteiger partial charge < -0.3 is 9.80 Å². The van der Waals surface area contributed by atoms with Crippen molar-refractivity contribution in [2.45, 2.75) is 57.8 Å². The Balaban J connectivity index is 0.562. The summed E-state index contributed by atoms with van der Waals surface area (Å²) in [6.45, 7) is 14.4. The van der Waals surface area contributed by atoms with Crippen LogP contribution in [-0.2, 0) is 16.2 Å². The molecule has 0 spiro atoms. The largest absolute Gasteiger partial charge is 0.310 e. The van der Waals surface area contributed by atoms with Crippen molar-refractivity contribution in [1.29, 1.82) is 0 Å². The number of para-hydroxylation sites is 2. The highest BCUT2D eigenvalue weighted by Crippen LogP contribution is 2.54. The number of benzene rings is 16. The third kappa shape index (κ3) is 12.0. The first-order chi connectivity index (χ1) is 55.3. The molecule has 0 saturated carbocycles. The molecule has 0 heterocycles. The summed E-state index contributed by atoms with van der Waals surface area (Å²) in [6.07, 6.45) is 9.23. The fraction of sp³-hybridized carbons (Fsp3) is 0.0826. The zero-order chi connectivity index (χ0) is 76.5. The number of hydrogen-bond donors (Lipinski definition) is 0. The summed E-state index contributed by atoms with van der Waals surface area (Å²) in [5.74, 6) is 0. The number of hydrogen-bond acceptors (Lipinski definition) is 2. The molecule has 0 bridgehead atoms. The maximum atomic E-state index is 2.45. The summed E-state index contributed by atoms with van der Waals surface area (Å²) < 4.78 is 0. The molecule has 0 unspecified atom stereocenters. The lowest BCUT2D eigenvalue weighted by molar-refractivity contribution is 0.660. The van der Waals surface area contributed by atoms with Crippen LogP contribution in [0, 0.1) is 0 Å². The standard InChI is InChI=1S/C109H88N2Si2/c1-107(2)101-71-77(47-49-79-53-67-97-99-69-59-85(75-105(99)108(3,4)103(97)73-79)110(81-31-15-7-16-32-81)83-55-61-93(62-56-83)112(87-35-19-9-20-36-87,88-37-21-10-22-38-88)89-39-23-11-24-40-89)51-65-95(101)96-66-52-78(72-102(96)107)48-50-80-54-68-98-100-70-60-86(76-106(100)109(5,6)104(98)74-80)111(82-33-17-8-18-34-82)84-57-63-94(64-58-84)113(90-41-25-12-26-42-90,91-43-27-13-28-44-91)92-45-29-14-30-46-92/h7-76H,1-6H3. The van der Waals surface area contributed by atoms with E-state index in [0.29, 0.717) is 0 Å². The highest BCUT2D eigenvalue weighted by atomic mass is 28.3. The maximum absolute atomic E-state index is 2.71. The van der Waals surface area contributed by atoms with Crippen molar-refractivity contribution in [2.75, 3.05) is 9.80 Å². The van der Waals surface area contributed by atoms with Gasteiger partial charge in [-0.25, -0.2) is 0 Å². The maximum Gasteiger partial charge on any atom is 0.179 e. The molecule has 16 aromatic carbocycles. The van der Waals surface area contributed by atoms with Crippen LogP contribution >= 0.6 is 0 Å². The van der Waals surface area contributed by atoms with Gasteiger partial charge in [0.15, 0.2) is 16.1 Å². The molecule has 0 amide bonds. The minimum Gasteiger partial charge on any atom is -0.310 e. The Morgan fingerprint density at radius 1 is 0.177 bits per heavy atom. The van der Waals surface area contributed by atoms with Gasteiger partial charge >= 0.3 is 0 Å². The van der Waals surface area contributed by atoms with Crippen molar-refractivity contribution in [3.05, 3.63) is 456 Å². The molecule has 113 heavy (non-hydrogen) atoms. The van der Waals surface area contributed by atoms with Crippen LogP contribution < -0.4 is 51.3 Å². The lowest BCUT2D eigenvalue weighted by atomic mass is 9.81. The lowest BCUT2D eigenvalue weighted by Crippen LogP contribution is -2.74. The molecule has 0 N–H and O–H groups in total. The van der Waals surface area contributed by atoms with Gasteiger partial charge in [-0.05, 0) is 203 Å². The monoisotopic (exact) mass is 1480 g/mol. The molecule has 19 rings (SSSR count). The molecule has 0 aromatic heterocycles. The van der Waals surface area contributed by atoms with Crippen molar-refractivity contribution >= 4 is 116 Å². The average Bonchev–Trinajstić information content (AvgIpc) is 1.72. The first-order valence-corrected chi connectivity index (χ1v) is 43.8. The summed E-state index contributed by atoms with van der Waals surface area (Å²) in [5, 5.41) is 10.9. The van der Waals surface area contributed by atoms with Crippen LogP contribution in [0.5, 0.6) is 0 Å². The van der Waals surface area contributed by atoms with E-state index >= 15 is 0 Å². The van der Waals surface area contributed by atoms with Gasteiger partial charge in [-0.3, -0.25) is 0 Å². The van der Waals surface area contributed by atoms with Crippen molar-refractivity contribution in [1.82, 2.24) is 0 Å². The summed E-state index contributed by atoms with van der Waals surface area (Å²) in [5.41, 5.74) is 26.8. The summed E-state index contributed by atoms with van der Waals surface area (Å²) >= 11 is 0. The number of fused-ring (bicyclic) bond motifs is 9. The molecule has 2 nitrogen and oxygen atoms in total. The molecular weight excluding hydrogens is 1390 g/mol. The Hall–Kier alpha value is -13.0. The Morgan fingerprint density at radius 3 is 0.584 bits per heavy atom. The second kappa shape index (κ2) is 28.4. The van der Waals surface area contributed by atoms with Crippen LogP contribution in [0.4, 0.5) is 34.1 Å². The molecule has 542 valence electrons. The molecule has 4 heteroatoms. The van der Waals surface area contributed by atoms with E-state index in [0.717, 1.165) is 34.1 Å². The van der Waals surface area contributed by atoms with Gasteiger partial charge in [-0.1, -0.05) is 393 Å². The minimum atomic E-state index is -2.71. The average molecular weight is 1480 g/mol. The van der Waals surface area contributed by atoms with Gasteiger partial charge in [-0.2, -0.15) is 0 Å². The van der Waals surface area contributed by atoms with Crippen LogP contribution in [0.2, 0.25) is 0 Å². The second-order valence-electron chi connectivity index (χ2n) is 32.4. The van der Waals surface area contributed by atoms with E-state index in [-0.39, 0.29) is 16.2 Å². The first kappa shape index (κ1) is 70.4. The number of nitrogens with zero attached hydrogens (tertiary/aromatic N) is 2. The molecule has 16 aromatic rings. The van der Waals surface area contributed by atoms with Crippen molar-refractivity contribution in [2.24, 2.45) is 0 Å². The Morgan fingerprint density at radius 2 is 0.354 bits per heavy atom. The summed E-state index contributed by atoms with van der Waals surface area (Å²) in [6, 6.07) is 150. The molecule has 3 aliphatic carbocycles. The van der Waals surface area contributed by atoms with Crippen LogP contribution in [0.15, 0.2) is 400 Å². The Labute approximate surface area is 668 Å². The smallest absolute Gasteiger partial charge is 0.179 e. The second-order valence-corrected chi connectivity index (χ2v) is 40.0. The van der Waals surface area contributed by atoms with Crippen LogP contribution in [0.1, 0.15) is 97.2 Å². The van der Waals surface area contributed by atoms with E-state index in [2.05, 4.69) is 476 Å². The van der Waals surface area contributed by atoms with E-state index in [9.17, 15) is 0 Å². The molecule has 0 aliphatic heterocycles. The topological polar surface area (TPSA) is 6.48 Å². The lowest BCUT2D eigenvalue weighted by Gasteiger charge is -2.35. The van der Waals surface area contributed by atoms with Gasteiger partial charge in [0.1, 0.15) is 0 Å². The summed E-state index contributed by atoms with van der Waals surface area (Å²) in [7, 11) is -5.43. The van der Waals surface area contributed by atoms with Crippen molar-refractivity contribution < 1.29 is 0 Å². The van der Waals surface area contributed by atoms with Gasteiger partial charge in [0.2, 0.25) is 0 Å². The van der Waals surface area contributed by atoms with Crippen LogP contribution in [-0.4, -0.2) is 16.1 Å². The fourth-order valence-corrected chi connectivity index (χ4v) is 28.7. The quantitative estimate of drug-likeness (QED) is 0.0480. The van der Waals surface area contributed by atoms with Gasteiger partial charge in [-0.15, -0.1) is 0 Å². The summed E-state index contributed by atoms with van der Waals surface area (Å²) in [4.78, 5) is 4.86. The predicted molar refractivity (Wildman–Crippen MR) is 486 cm³/mol. The highest BCUT2D eigenvalue weighted by Gasteiger charge is 2.45. The molecule has 0 fully saturated rings. The molecule has 0 radical (unpaired) electrons. The Kier molecular flexibility index (Phi) is 17.7. The van der Waals surface area contributed by atoms with E-state index in [1.165, 1.54) is 131 Å². The van der Waals surface area contributed by atoms with Gasteiger partial charge in [0.05, 0.1) is 0 Å². The van der Waals surface area contributed by atoms with Gasteiger partial charge in [0.25, 0.3) is 0 Å². The fourth-order valence-electron chi connectivity index (χ4n) is 19.2. The normalized spacial score (nSPS) is 13.9. The minimum absolute atomic E-state index is 0.191. The third-order valence-electron chi connectivity index (χ3n) is 24.9. The number of anilines is 6. The number of rotatable bonds is 18. The molecule has 3 aliphatic rings. The van der Waals surface area contributed by atoms with Gasteiger partial charge in [0, 0.05) is 50.4 Å². The molecule has 0 atom stereocenters. The van der Waals surface area contributed by atoms with E-state index in [1.807, 2.05) is 0 Å². The third-order valence-corrected chi connectivity index (χ3v) is 34.5. The Bertz CT molecular complexity index is 5700. The molecule has 0 saturated heterocycles. The van der Waals surface area contributed by atoms with E-state index < -0.39 is 16.1 Å². The molecular formula is C109H88N2Si2. The predicted octanol–water partition coefficient (Wildman–Crippen LogP) is 22.6. The van der Waals surface area contributed by atoms with Crippen LogP contribution in [0.25, 0.3) is 57.7 Å². The SMILES string of the molecule is CC1(C)c2cc(C=Cc3ccc4c(c3)C(C)(C)c3cc(N(c5ccccc5)c5ccc([Si](c6ccccc6)(c6ccccc6)c6ccccc6)cc5)ccc3-4)ccc2-c2ccc(C=Cc3ccc4c(c3)C(C)(C)c3cc(N(c5ccccc5)c5ccc([Si](c6ccccc6)(c6ccccc6)c6ccccc6)cc5)ccc3-4)cc21. The zero-order valence-corrected chi connectivity index (χ0v) is 66.8. The zero-order valence-electron chi connectivity index (χ0n) is 64.8. The van der Waals surface area contributed by atoms with E-state index in [1.54, 1.807) is 0 Å². The first-order valence-electron chi connectivity index (χ1n) is 39.8. The highest BCUT2D eigenvalue weighted by molar-refractivity contribution is 7.20. The van der Waals surface area contributed by atoms with E-state index in [4.69, 9.17) is 0 Å². The van der Waals surface area contributed by atoms with Crippen molar-refractivity contribution in [3.8, 4) is 33.4 Å².